The van der Waals surface area contributed by atoms with Crippen molar-refractivity contribution in [2.75, 3.05) is 13.2 Å². The standard InChI is InChI=1S/C39H62N2O6S2/c1-9-11-13-15-17-19-21-23-46-35-25-31(7)37(27-33(35)29(3)4)48(42,43)39(41-40)49(44,45)38-28-34(30(5)6)36(26-32(38)8)47-24-22-20-18-16-14-12-10-2/h25-30H,9-24H2,1-8H3. The molecule has 2 aromatic carbocycles. The van der Waals surface area contributed by atoms with Crippen LogP contribution < -0.4 is 9.47 Å². The van der Waals surface area contributed by atoms with Crippen LogP contribution in [0.25, 0.3) is 5.53 Å². The van der Waals surface area contributed by atoms with Crippen LogP contribution >= 0.6 is 0 Å². The van der Waals surface area contributed by atoms with Crippen LogP contribution in [-0.2, 0) is 19.7 Å². The number of nitrogens with zero attached hydrogens (tertiary/aromatic N) is 2. The van der Waals surface area contributed by atoms with Gasteiger partial charge in [0, 0.05) is 0 Å². The number of rotatable bonds is 22. The van der Waals surface area contributed by atoms with Gasteiger partial charge in [-0.05, 0) is 85.0 Å². The zero-order valence-electron chi connectivity index (χ0n) is 31.4. The first-order chi connectivity index (χ1) is 23.2. The molecule has 0 heterocycles. The highest BCUT2D eigenvalue weighted by atomic mass is 32.3. The van der Waals surface area contributed by atoms with Gasteiger partial charge < -0.3 is 15.0 Å². The van der Waals surface area contributed by atoms with E-state index in [1.165, 1.54) is 63.5 Å². The molecule has 0 aromatic heterocycles. The highest BCUT2D eigenvalue weighted by Gasteiger charge is 2.46. The van der Waals surface area contributed by atoms with E-state index in [2.05, 4.69) is 18.6 Å². The summed E-state index contributed by atoms with van der Waals surface area (Å²) < 4.78 is 67.1. The van der Waals surface area contributed by atoms with Crippen LogP contribution in [0.1, 0.15) is 166 Å². The third kappa shape index (κ3) is 12.3. The molecule has 0 aliphatic carbocycles. The first-order valence-electron chi connectivity index (χ1n) is 18.5. The topological polar surface area (TPSA) is 123 Å². The lowest BCUT2D eigenvalue weighted by Crippen LogP contribution is -2.28. The van der Waals surface area contributed by atoms with Crippen molar-refractivity contribution in [3.05, 3.63) is 52.1 Å². The molecule has 10 heteroatoms. The molecule has 0 N–H and O–H groups in total. The minimum atomic E-state index is -4.76. The molecule has 0 saturated carbocycles. The number of unbranched alkanes of at least 4 members (excludes halogenated alkanes) is 12. The van der Waals surface area contributed by atoms with Gasteiger partial charge in [0.15, 0.2) is 0 Å². The molecule has 0 aliphatic heterocycles. The average Bonchev–Trinajstić information content (AvgIpc) is 3.03. The van der Waals surface area contributed by atoms with Crippen LogP contribution in [0.3, 0.4) is 0 Å². The zero-order chi connectivity index (χ0) is 36.6. The van der Waals surface area contributed by atoms with Gasteiger partial charge in [-0.15, -0.1) is 4.79 Å². The molecular formula is C39H62N2O6S2. The Morgan fingerprint density at radius 1 is 0.592 bits per heavy atom. The Hall–Kier alpha value is -2.68. The van der Waals surface area contributed by atoms with Gasteiger partial charge in [-0.25, -0.2) is 16.8 Å². The van der Waals surface area contributed by atoms with Gasteiger partial charge in [-0.3, -0.25) is 0 Å². The molecule has 0 aliphatic rings. The predicted molar refractivity (Wildman–Crippen MR) is 201 cm³/mol. The van der Waals surface area contributed by atoms with Gasteiger partial charge in [-0.1, -0.05) is 119 Å². The van der Waals surface area contributed by atoms with E-state index in [0.29, 0.717) is 47.0 Å². The van der Waals surface area contributed by atoms with Crippen LogP contribution in [-0.4, -0.2) is 39.2 Å². The number of aryl methyl sites for hydroxylation is 2. The van der Waals surface area contributed by atoms with Crippen molar-refractivity contribution in [2.45, 2.75) is 167 Å². The molecule has 0 bridgehead atoms. The van der Waals surface area contributed by atoms with Gasteiger partial charge in [0.2, 0.25) is 0 Å². The second kappa shape index (κ2) is 20.9. The van der Waals surface area contributed by atoms with E-state index in [4.69, 9.17) is 9.47 Å². The largest absolute Gasteiger partial charge is 0.504 e. The molecule has 0 atom stereocenters. The maximum atomic E-state index is 14.0. The highest BCUT2D eigenvalue weighted by molar-refractivity contribution is 8.31. The van der Waals surface area contributed by atoms with E-state index in [9.17, 15) is 22.4 Å². The molecule has 0 amide bonds. The van der Waals surface area contributed by atoms with Crippen molar-refractivity contribution >= 4 is 24.1 Å². The smallest absolute Gasteiger partial charge is 0.493 e. The van der Waals surface area contributed by atoms with Crippen LogP contribution in [0.4, 0.5) is 0 Å². The molecule has 8 nitrogen and oxygen atoms in total. The van der Waals surface area contributed by atoms with E-state index in [-0.39, 0.29) is 21.6 Å². The Morgan fingerprint density at radius 3 is 1.22 bits per heavy atom. The van der Waals surface area contributed by atoms with Gasteiger partial charge in [0.05, 0.1) is 23.0 Å². The summed E-state index contributed by atoms with van der Waals surface area (Å²) in [7, 11) is -9.53. The van der Waals surface area contributed by atoms with Crippen LogP contribution in [0.2, 0.25) is 0 Å². The van der Waals surface area contributed by atoms with Gasteiger partial charge in [0.1, 0.15) is 11.5 Å². The third-order valence-electron chi connectivity index (χ3n) is 8.99. The monoisotopic (exact) mass is 718 g/mol. The Balaban J connectivity index is 2.34. The van der Waals surface area contributed by atoms with Crippen LogP contribution in [0, 0.1) is 13.8 Å². The van der Waals surface area contributed by atoms with Crippen LogP contribution in [0.15, 0.2) is 34.1 Å². The first-order valence-corrected chi connectivity index (χ1v) is 21.5. The van der Waals surface area contributed by atoms with E-state index in [1.807, 2.05) is 27.7 Å². The summed E-state index contributed by atoms with van der Waals surface area (Å²) in [5, 5.41) is 0. The summed E-state index contributed by atoms with van der Waals surface area (Å²) in [4.78, 5) is 2.47. The normalized spacial score (nSPS) is 12.0. The SMILES string of the molecule is CCCCCCCCCOc1cc(C)c(S(=O)(=O)C(=[N+]=[N-])S(=O)(=O)c2cc(C(C)C)c(OCCCCCCCCC)cc2C)cc1C(C)C. The van der Waals surface area contributed by atoms with Crippen LogP contribution in [0.5, 0.6) is 11.5 Å². The Kier molecular flexibility index (Phi) is 18.1. The minimum absolute atomic E-state index is 0.103. The molecule has 2 aromatic rings. The summed E-state index contributed by atoms with van der Waals surface area (Å²) in [5.41, 5.74) is 11.9. The maximum absolute atomic E-state index is 14.0. The van der Waals surface area contributed by atoms with Crippen molar-refractivity contribution in [1.82, 2.24) is 0 Å². The summed E-state index contributed by atoms with van der Waals surface area (Å²) in [5.74, 6) is 0.947. The highest BCUT2D eigenvalue weighted by Crippen LogP contribution is 2.36. The molecule has 0 radical (unpaired) electrons. The van der Waals surface area contributed by atoms with Crippen molar-refractivity contribution < 1.29 is 31.1 Å². The summed E-state index contributed by atoms with van der Waals surface area (Å²) >= 11 is 0. The molecule has 0 unspecified atom stereocenters. The second-order valence-electron chi connectivity index (χ2n) is 13.9. The Labute approximate surface area is 297 Å². The number of hydrogen-bond donors (Lipinski definition) is 0. The summed E-state index contributed by atoms with van der Waals surface area (Å²) in [6.45, 7) is 16.3. The van der Waals surface area contributed by atoms with E-state index >= 15 is 0 Å². The summed E-state index contributed by atoms with van der Waals surface area (Å²) in [6, 6.07) is 6.21. The fourth-order valence-corrected chi connectivity index (χ4v) is 9.82. The maximum Gasteiger partial charge on any atom is 0.504 e. The summed E-state index contributed by atoms with van der Waals surface area (Å²) in [6.07, 6.45) is 16.1. The molecule has 0 saturated heterocycles. The van der Waals surface area contributed by atoms with Gasteiger partial charge >= 0.3 is 4.38 Å². The lowest BCUT2D eigenvalue weighted by Gasteiger charge is -2.18. The van der Waals surface area contributed by atoms with Crippen molar-refractivity contribution in [3.63, 3.8) is 0 Å². The zero-order valence-corrected chi connectivity index (χ0v) is 33.1. The van der Waals surface area contributed by atoms with E-state index in [1.54, 1.807) is 26.0 Å². The predicted octanol–water partition coefficient (Wildman–Crippen LogP) is 10.6. The van der Waals surface area contributed by atoms with Gasteiger partial charge in [0.25, 0.3) is 19.7 Å². The van der Waals surface area contributed by atoms with Crippen molar-refractivity contribution in [3.8, 4) is 11.5 Å². The fraction of sp³-hybridized carbons (Fsp3) is 0.667. The van der Waals surface area contributed by atoms with Gasteiger partial charge in [-0.2, -0.15) is 0 Å². The number of hydrogen-bond acceptors (Lipinski definition) is 6. The average molecular weight is 719 g/mol. The molecule has 49 heavy (non-hydrogen) atoms. The molecule has 276 valence electrons. The molecular weight excluding hydrogens is 657 g/mol. The van der Waals surface area contributed by atoms with Crippen molar-refractivity contribution in [2.24, 2.45) is 0 Å². The quantitative estimate of drug-likeness (QED) is 0.0392. The Bertz CT molecular complexity index is 1490. The number of benzene rings is 2. The van der Waals surface area contributed by atoms with Crippen molar-refractivity contribution in [1.29, 1.82) is 0 Å². The fourth-order valence-electron chi connectivity index (χ4n) is 6.01. The number of sulfone groups is 2. The second-order valence-corrected chi connectivity index (χ2v) is 17.9. The molecule has 0 spiro atoms. The molecule has 2 rings (SSSR count). The van der Waals surface area contributed by atoms with E-state index < -0.39 is 24.1 Å². The Morgan fingerprint density at radius 2 is 0.918 bits per heavy atom. The minimum Gasteiger partial charge on any atom is -0.493 e. The molecule has 0 fully saturated rings. The third-order valence-corrected chi connectivity index (χ3v) is 13.4. The lowest BCUT2D eigenvalue weighted by atomic mass is 10.0. The first kappa shape index (κ1) is 42.5. The number of ether oxygens (including phenoxy) is 2. The lowest BCUT2D eigenvalue weighted by molar-refractivity contribution is 0.00379. The van der Waals surface area contributed by atoms with E-state index in [0.717, 1.165) is 38.5 Å².